The highest BCUT2D eigenvalue weighted by Gasteiger charge is 2.41. The van der Waals surface area contributed by atoms with Gasteiger partial charge in [0, 0.05) is 91.7 Å². The van der Waals surface area contributed by atoms with E-state index < -0.39 is 10.8 Å². The van der Waals surface area contributed by atoms with Crippen molar-refractivity contribution < 1.29 is 19.2 Å². The van der Waals surface area contributed by atoms with Gasteiger partial charge in [0.15, 0.2) is 5.52 Å². The van der Waals surface area contributed by atoms with E-state index in [9.17, 15) is 14.9 Å². The summed E-state index contributed by atoms with van der Waals surface area (Å²) >= 11 is 7.31. The number of halogens is 1. The second-order valence-corrected chi connectivity index (χ2v) is 18.6. The summed E-state index contributed by atoms with van der Waals surface area (Å²) in [5, 5.41) is 13.8. The molecule has 0 unspecified atom stereocenters. The number of amides is 1. The maximum atomic E-state index is 14.0. The highest BCUT2D eigenvalue weighted by atomic mass is 35.5. The molecule has 2 aliphatic heterocycles. The van der Waals surface area contributed by atoms with Crippen LogP contribution in [0.5, 0.6) is 11.5 Å². The molecule has 5 heterocycles. The normalized spacial score (nSPS) is 18.4. The molecule has 0 radical (unpaired) electrons. The maximum absolute atomic E-state index is 14.0. The van der Waals surface area contributed by atoms with Gasteiger partial charge in [-0.1, -0.05) is 35.7 Å². The lowest BCUT2D eigenvalue weighted by molar-refractivity contribution is -0.383. The number of benzene rings is 3. The van der Waals surface area contributed by atoms with Crippen molar-refractivity contribution in [3.8, 4) is 11.5 Å². The fourth-order valence-corrected chi connectivity index (χ4v) is 10.5. The van der Waals surface area contributed by atoms with Crippen LogP contribution >= 0.6 is 23.5 Å². The zero-order chi connectivity index (χ0) is 42.2. The Labute approximate surface area is 368 Å². The first kappa shape index (κ1) is 40.6. The Morgan fingerprint density at radius 3 is 2.63 bits per heavy atom. The number of nitrogens with zero attached hydrogens (tertiary/aromatic N) is 5. The minimum atomic E-state index is -0.428. The molecule has 1 saturated carbocycles. The van der Waals surface area contributed by atoms with Gasteiger partial charge in [0.1, 0.15) is 23.0 Å². The maximum Gasteiger partial charge on any atom is 0.298 e. The van der Waals surface area contributed by atoms with E-state index in [1.807, 2.05) is 42.6 Å². The number of non-ortho nitro benzene ring substituents is 1. The molecule has 62 heavy (non-hydrogen) atoms. The van der Waals surface area contributed by atoms with Gasteiger partial charge in [-0.05, 0) is 122 Å². The first-order valence-corrected chi connectivity index (χ1v) is 22.8. The van der Waals surface area contributed by atoms with E-state index >= 15 is 0 Å². The predicted molar refractivity (Wildman–Crippen MR) is 243 cm³/mol. The van der Waals surface area contributed by atoms with E-state index in [-0.39, 0.29) is 5.69 Å². The van der Waals surface area contributed by atoms with Gasteiger partial charge in [-0.2, -0.15) is 0 Å². The average molecular weight is 873 g/mol. The number of aromatic nitrogens is 4. The standard InChI is InChI=1S/C47H49ClN8O5S/c48-34-4-2-31(3-5-34)39-27-47(12-1-13-47)14-8-33(39)29-54-16-18-55(19-17-54)35-6-7-38(42(24-35)61-36-23-32-9-15-49-45(32)50-28-36)46(57)53-62-37-25-40-44(41(26-37)56(58)59)52-43(51-40)22-30-10-20-60-21-11-30/h2-7,9,15,23-26,28,30H,1,8,10-14,16-22,27,29H2,(H,49,50)(H,51,52)(H,53,57). The number of nitro groups is 1. The molecule has 1 amide bonds. The van der Waals surface area contributed by atoms with Gasteiger partial charge in [0.25, 0.3) is 11.6 Å². The first-order chi connectivity index (χ1) is 30.2. The molecule has 6 aromatic rings. The zero-order valence-corrected chi connectivity index (χ0v) is 36.0. The minimum Gasteiger partial charge on any atom is -0.455 e. The third-order valence-corrected chi connectivity index (χ3v) is 14.4. The van der Waals surface area contributed by atoms with E-state index in [1.54, 1.807) is 23.9 Å². The SMILES string of the molecule is O=C(NSc1cc([N+](=O)[O-])c2nc(CC3CCOCC3)[nH]c2c1)c1ccc(N2CCN(CC3=C(c4ccc(Cl)cc4)CC4(CCC4)CC3)CC2)cc1Oc1cnc2[nH]ccc2c1. The van der Waals surface area contributed by atoms with Crippen LogP contribution in [-0.4, -0.2) is 81.6 Å². The van der Waals surface area contributed by atoms with E-state index in [0.717, 1.165) is 92.1 Å². The summed E-state index contributed by atoms with van der Waals surface area (Å²) < 4.78 is 14.9. The molecule has 10 rings (SSSR count). The molecule has 1 spiro atoms. The number of allylic oxidation sites excluding steroid dienone is 1. The third kappa shape index (κ3) is 8.65. The lowest BCUT2D eigenvalue weighted by atomic mass is 9.59. The molecule has 2 aliphatic carbocycles. The topological polar surface area (TPSA) is 155 Å². The molecule has 13 nitrogen and oxygen atoms in total. The molecule has 2 saturated heterocycles. The van der Waals surface area contributed by atoms with Crippen LogP contribution in [0.4, 0.5) is 11.4 Å². The van der Waals surface area contributed by atoms with Crippen molar-refractivity contribution in [1.82, 2.24) is 29.6 Å². The highest BCUT2D eigenvalue weighted by molar-refractivity contribution is 7.98. The number of piperazine rings is 1. The van der Waals surface area contributed by atoms with Crippen LogP contribution in [0.25, 0.3) is 27.6 Å². The molecule has 3 fully saturated rings. The molecule has 3 N–H and O–H groups in total. The van der Waals surface area contributed by atoms with Crippen LogP contribution < -0.4 is 14.4 Å². The van der Waals surface area contributed by atoms with Gasteiger partial charge in [-0.3, -0.25) is 24.5 Å². The third-order valence-electron chi connectivity index (χ3n) is 13.4. The average Bonchev–Trinajstić information content (AvgIpc) is 3.92. The summed E-state index contributed by atoms with van der Waals surface area (Å²) in [5.74, 6) is 1.60. The number of carbonyl (C=O) groups excluding carboxylic acids is 1. The van der Waals surface area contributed by atoms with Crippen LogP contribution in [0.1, 0.15) is 73.1 Å². The predicted octanol–water partition coefficient (Wildman–Crippen LogP) is 10.1. The number of anilines is 1. The van der Waals surface area contributed by atoms with Crippen molar-refractivity contribution in [1.29, 1.82) is 0 Å². The number of aromatic amines is 2. The fourth-order valence-electron chi connectivity index (χ4n) is 9.71. The van der Waals surface area contributed by atoms with Crippen molar-refractivity contribution in [2.45, 2.75) is 62.7 Å². The fraction of sp³-hybridized carbons (Fsp3) is 0.383. The minimum absolute atomic E-state index is 0.116. The number of H-pyrrole nitrogens is 2. The van der Waals surface area contributed by atoms with Crippen molar-refractivity contribution in [2.24, 2.45) is 11.3 Å². The number of fused-ring (bicyclic) bond motifs is 2. The molecule has 320 valence electrons. The van der Waals surface area contributed by atoms with Gasteiger partial charge in [-0.25, -0.2) is 9.97 Å². The van der Waals surface area contributed by atoms with Crippen LogP contribution in [0.3, 0.4) is 0 Å². The molecule has 3 aromatic carbocycles. The Morgan fingerprint density at radius 2 is 1.85 bits per heavy atom. The van der Waals surface area contributed by atoms with Crippen molar-refractivity contribution in [3.05, 3.63) is 117 Å². The first-order valence-electron chi connectivity index (χ1n) is 21.7. The van der Waals surface area contributed by atoms with E-state index in [4.69, 9.17) is 21.1 Å². The Bertz CT molecular complexity index is 2660. The Balaban J connectivity index is 0.859. The van der Waals surface area contributed by atoms with E-state index in [2.05, 4.69) is 46.6 Å². The largest absolute Gasteiger partial charge is 0.455 e. The highest BCUT2D eigenvalue weighted by Crippen LogP contribution is 2.55. The molecule has 0 bridgehead atoms. The van der Waals surface area contributed by atoms with Gasteiger partial charge in [-0.15, -0.1) is 0 Å². The van der Waals surface area contributed by atoms with Crippen LogP contribution in [-0.2, 0) is 11.2 Å². The molecular formula is C47H49ClN8O5S. The number of nitrogens with one attached hydrogen (secondary N) is 3. The monoisotopic (exact) mass is 872 g/mol. The number of hydrogen-bond acceptors (Lipinski definition) is 10. The molecular weight excluding hydrogens is 824 g/mol. The summed E-state index contributed by atoms with van der Waals surface area (Å²) in [7, 11) is 0. The lowest BCUT2D eigenvalue weighted by Crippen LogP contribution is -2.47. The van der Waals surface area contributed by atoms with Crippen molar-refractivity contribution in [3.63, 3.8) is 0 Å². The number of rotatable bonds is 12. The summed E-state index contributed by atoms with van der Waals surface area (Å²) in [4.78, 5) is 46.7. The van der Waals surface area contributed by atoms with Gasteiger partial charge >= 0.3 is 0 Å². The van der Waals surface area contributed by atoms with E-state index in [0.29, 0.717) is 69.8 Å². The Kier molecular flexibility index (Phi) is 11.4. The summed E-state index contributed by atoms with van der Waals surface area (Å²) in [6, 6.07) is 21.2. The Hall–Kier alpha value is -5.41. The summed E-state index contributed by atoms with van der Waals surface area (Å²) in [6.07, 6.45) is 13.6. The number of imidazole rings is 1. The number of pyridine rings is 1. The van der Waals surface area contributed by atoms with Gasteiger partial charge in [0.05, 0.1) is 22.2 Å². The quantitative estimate of drug-likeness (QED) is 0.0615. The van der Waals surface area contributed by atoms with Crippen LogP contribution in [0, 0.1) is 21.4 Å². The molecule has 3 aromatic heterocycles. The van der Waals surface area contributed by atoms with Crippen molar-refractivity contribution >= 4 is 68.5 Å². The molecule has 15 heteroatoms. The molecule has 0 atom stereocenters. The smallest absolute Gasteiger partial charge is 0.298 e. The van der Waals surface area contributed by atoms with Crippen LogP contribution in [0.2, 0.25) is 5.02 Å². The number of nitro benzene ring substituents is 1. The molecule has 4 aliphatic rings. The van der Waals surface area contributed by atoms with Crippen LogP contribution in [0.15, 0.2) is 89.6 Å². The Morgan fingerprint density at radius 1 is 1.03 bits per heavy atom. The van der Waals surface area contributed by atoms with Gasteiger partial charge < -0.3 is 24.3 Å². The lowest BCUT2D eigenvalue weighted by Gasteiger charge is -2.47. The second kappa shape index (κ2) is 17.4. The zero-order valence-electron chi connectivity index (χ0n) is 34.5. The summed E-state index contributed by atoms with van der Waals surface area (Å²) in [5.41, 5.74) is 7.64. The summed E-state index contributed by atoms with van der Waals surface area (Å²) in [6.45, 7) is 5.88. The van der Waals surface area contributed by atoms with Gasteiger partial charge in [0.2, 0.25) is 0 Å². The van der Waals surface area contributed by atoms with E-state index in [1.165, 1.54) is 42.9 Å². The number of carbonyl (C=O) groups is 1. The second-order valence-electron chi connectivity index (χ2n) is 17.3. The number of ether oxygens (including phenoxy) is 2. The van der Waals surface area contributed by atoms with Crippen molar-refractivity contribution in [2.75, 3.05) is 50.8 Å². The number of hydrogen-bond donors (Lipinski definition) is 3.